The fourth-order valence-corrected chi connectivity index (χ4v) is 4.59. The van der Waals surface area contributed by atoms with E-state index in [1.165, 1.54) is 0 Å². The number of nitrogens with zero attached hydrogens (tertiary/aromatic N) is 1. The van der Waals surface area contributed by atoms with Crippen molar-refractivity contribution >= 4 is 68.1 Å². The van der Waals surface area contributed by atoms with Crippen molar-refractivity contribution in [1.82, 2.24) is 4.90 Å². The molecule has 1 saturated heterocycles. The van der Waals surface area contributed by atoms with Crippen molar-refractivity contribution in [2.45, 2.75) is 33.3 Å². The lowest BCUT2D eigenvalue weighted by molar-refractivity contribution is -0.127. The predicted molar refractivity (Wildman–Crippen MR) is 138 cm³/mol. The molecule has 0 radical (unpaired) electrons. The topological polar surface area (TPSA) is 84.9 Å². The lowest BCUT2D eigenvalue weighted by atomic mass is 10.1. The van der Waals surface area contributed by atoms with Crippen molar-refractivity contribution in [3.63, 3.8) is 0 Å². The zero-order valence-corrected chi connectivity index (χ0v) is 22.1. The Morgan fingerprint density at radius 2 is 2.00 bits per heavy atom. The quantitative estimate of drug-likeness (QED) is 0.355. The minimum Gasteiger partial charge on any atom is -0.490 e. The number of hydrogen-bond donors (Lipinski definition) is 1. The lowest BCUT2D eigenvalue weighted by Crippen LogP contribution is -2.36. The van der Waals surface area contributed by atoms with Crippen LogP contribution >= 0.6 is 39.3 Å². The maximum atomic E-state index is 12.9. The van der Waals surface area contributed by atoms with E-state index in [4.69, 9.17) is 21.1 Å². The van der Waals surface area contributed by atoms with Gasteiger partial charge >= 0.3 is 0 Å². The van der Waals surface area contributed by atoms with Crippen LogP contribution in [-0.2, 0) is 9.59 Å². The molecular weight excluding hydrogens is 544 g/mol. The van der Waals surface area contributed by atoms with Gasteiger partial charge in [0.25, 0.3) is 11.1 Å². The maximum absolute atomic E-state index is 12.9. The molecule has 10 heteroatoms. The van der Waals surface area contributed by atoms with Gasteiger partial charge in [-0.3, -0.25) is 19.3 Å². The molecule has 0 saturated carbocycles. The zero-order chi connectivity index (χ0) is 24.8. The molecule has 180 valence electrons. The van der Waals surface area contributed by atoms with Crippen LogP contribution < -0.4 is 14.8 Å². The van der Waals surface area contributed by atoms with Gasteiger partial charge in [0.15, 0.2) is 11.5 Å². The number of ether oxygens (including phenoxy) is 2. The van der Waals surface area contributed by atoms with Crippen molar-refractivity contribution in [2.75, 3.05) is 18.5 Å². The number of thioether (sulfide) groups is 1. The van der Waals surface area contributed by atoms with Gasteiger partial charge in [-0.05, 0) is 83.9 Å². The van der Waals surface area contributed by atoms with Gasteiger partial charge in [0, 0.05) is 0 Å². The number of carbonyl (C=O) groups excluding carboxylic acids is 3. The fourth-order valence-electron chi connectivity index (χ4n) is 3.02. The van der Waals surface area contributed by atoms with Crippen molar-refractivity contribution in [2.24, 2.45) is 0 Å². The molecule has 1 atom stereocenters. The van der Waals surface area contributed by atoms with Gasteiger partial charge in [-0.15, -0.1) is 0 Å². The van der Waals surface area contributed by atoms with Crippen molar-refractivity contribution in [3.05, 3.63) is 56.4 Å². The van der Waals surface area contributed by atoms with Gasteiger partial charge in [0.1, 0.15) is 6.54 Å². The second-order valence-corrected chi connectivity index (χ2v) is 9.65. The summed E-state index contributed by atoms with van der Waals surface area (Å²) in [6, 6.07) is 10.3. The smallest absolute Gasteiger partial charge is 0.294 e. The van der Waals surface area contributed by atoms with Gasteiger partial charge in [0.05, 0.1) is 32.8 Å². The molecule has 0 aromatic heterocycles. The van der Waals surface area contributed by atoms with Crippen LogP contribution in [0.25, 0.3) is 6.08 Å². The van der Waals surface area contributed by atoms with E-state index in [2.05, 4.69) is 21.2 Å². The number of hydrogen-bond acceptors (Lipinski definition) is 6. The van der Waals surface area contributed by atoms with Crippen LogP contribution in [0.1, 0.15) is 32.8 Å². The van der Waals surface area contributed by atoms with Crippen molar-refractivity contribution in [3.8, 4) is 11.5 Å². The molecule has 2 aromatic carbocycles. The van der Waals surface area contributed by atoms with Crippen LogP contribution in [0.3, 0.4) is 0 Å². The first-order chi connectivity index (χ1) is 16.2. The third-order valence-electron chi connectivity index (χ3n) is 4.85. The average molecular weight is 568 g/mol. The summed E-state index contributed by atoms with van der Waals surface area (Å²) in [5, 5.41) is 2.46. The first-order valence-corrected chi connectivity index (χ1v) is 12.6. The molecule has 1 aliphatic heterocycles. The molecule has 2 aromatic rings. The number of carbonyl (C=O) groups is 3. The summed E-state index contributed by atoms with van der Waals surface area (Å²) in [6.45, 7) is 5.88. The van der Waals surface area contributed by atoms with Crippen LogP contribution in [0, 0.1) is 0 Å². The number of amides is 3. The number of para-hydroxylation sites is 1. The highest BCUT2D eigenvalue weighted by molar-refractivity contribution is 9.10. The number of halogens is 2. The molecule has 0 spiro atoms. The first-order valence-electron chi connectivity index (χ1n) is 10.7. The van der Waals surface area contributed by atoms with Crippen LogP contribution in [0.2, 0.25) is 5.02 Å². The van der Waals surface area contributed by atoms with Gasteiger partial charge in [0.2, 0.25) is 5.91 Å². The van der Waals surface area contributed by atoms with Crippen molar-refractivity contribution in [1.29, 1.82) is 0 Å². The summed E-state index contributed by atoms with van der Waals surface area (Å²) < 4.78 is 12.4. The summed E-state index contributed by atoms with van der Waals surface area (Å²) in [5.41, 5.74) is 1.06. The Bertz CT molecular complexity index is 1140. The molecule has 0 aliphatic carbocycles. The molecule has 0 bridgehead atoms. The van der Waals surface area contributed by atoms with E-state index < -0.39 is 23.6 Å². The predicted octanol–water partition coefficient (Wildman–Crippen LogP) is 6.35. The van der Waals surface area contributed by atoms with Crippen molar-refractivity contribution < 1.29 is 23.9 Å². The number of nitrogens with one attached hydrogen (secondary N) is 1. The molecular formula is C24H24BrClN2O5S. The standard InChI is InChI=1S/C24H24BrClN2O5S/c1-4-14(3)33-22-16(25)10-15(11-19(22)32-5-2)12-20-23(30)28(24(31)34-20)13-21(29)27-18-9-7-6-8-17(18)26/h6-12,14H,4-5,13H2,1-3H3,(H,27,29)/b20-12+/t14-/m0/s1. The third-order valence-corrected chi connectivity index (χ3v) is 6.67. The Balaban J connectivity index is 1.78. The Morgan fingerprint density at radius 3 is 2.68 bits per heavy atom. The number of anilines is 1. The van der Waals surface area contributed by atoms with Crippen LogP contribution in [-0.4, -0.2) is 41.2 Å². The summed E-state index contributed by atoms with van der Waals surface area (Å²) in [7, 11) is 0. The van der Waals surface area contributed by atoms with E-state index in [0.29, 0.717) is 38.9 Å². The van der Waals surface area contributed by atoms with Crippen LogP contribution in [0.4, 0.5) is 10.5 Å². The van der Waals surface area contributed by atoms with E-state index in [9.17, 15) is 14.4 Å². The molecule has 34 heavy (non-hydrogen) atoms. The molecule has 0 unspecified atom stereocenters. The normalized spacial score (nSPS) is 15.6. The Hall–Kier alpha value is -2.49. The molecule has 1 fully saturated rings. The van der Waals surface area contributed by atoms with Crippen LogP contribution in [0.15, 0.2) is 45.8 Å². The molecule has 3 rings (SSSR count). The highest BCUT2D eigenvalue weighted by Gasteiger charge is 2.36. The second kappa shape index (κ2) is 11.8. The average Bonchev–Trinajstić information content (AvgIpc) is 3.05. The Kier molecular flexibility index (Phi) is 9.04. The van der Waals surface area contributed by atoms with Gasteiger partial charge < -0.3 is 14.8 Å². The molecule has 1 heterocycles. The summed E-state index contributed by atoms with van der Waals surface area (Å²) in [6.07, 6.45) is 2.42. The zero-order valence-electron chi connectivity index (χ0n) is 18.9. The monoisotopic (exact) mass is 566 g/mol. The third kappa shape index (κ3) is 6.34. The fraction of sp³-hybridized carbons (Fsp3) is 0.292. The molecule has 7 nitrogen and oxygen atoms in total. The highest BCUT2D eigenvalue weighted by Crippen LogP contribution is 2.40. The van der Waals surface area contributed by atoms with E-state index in [-0.39, 0.29) is 11.0 Å². The minimum absolute atomic E-state index is 0.00484. The Labute approximate surface area is 215 Å². The minimum atomic E-state index is -0.543. The molecule has 3 amide bonds. The molecule has 1 N–H and O–H groups in total. The van der Waals surface area contributed by atoms with E-state index >= 15 is 0 Å². The van der Waals surface area contributed by atoms with E-state index in [1.807, 2.05) is 20.8 Å². The SMILES string of the molecule is CCOc1cc(/C=C2/SC(=O)N(CC(=O)Nc3ccccc3Cl)C2=O)cc(Br)c1O[C@@H](C)CC. The summed E-state index contributed by atoms with van der Waals surface area (Å²) in [4.78, 5) is 38.8. The lowest BCUT2D eigenvalue weighted by Gasteiger charge is -2.18. The molecule has 1 aliphatic rings. The maximum Gasteiger partial charge on any atom is 0.294 e. The first kappa shape index (κ1) is 26.1. The summed E-state index contributed by atoms with van der Waals surface area (Å²) >= 11 is 10.3. The largest absolute Gasteiger partial charge is 0.490 e. The summed E-state index contributed by atoms with van der Waals surface area (Å²) in [5.74, 6) is 0.0439. The number of imide groups is 1. The second-order valence-electron chi connectivity index (χ2n) is 7.40. The number of benzene rings is 2. The van der Waals surface area contributed by atoms with Gasteiger partial charge in [-0.2, -0.15) is 0 Å². The van der Waals surface area contributed by atoms with E-state index in [1.54, 1.807) is 42.5 Å². The number of rotatable bonds is 9. The van der Waals surface area contributed by atoms with E-state index in [0.717, 1.165) is 23.1 Å². The van der Waals surface area contributed by atoms with Gasteiger partial charge in [-0.1, -0.05) is 30.7 Å². The van der Waals surface area contributed by atoms with Crippen LogP contribution in [0.5, 0.6) is 11.5 Å². The van der Waals surface area contributed by atoms with Gasteiger partial charge in [-0.25, -0.2) is 0 Å². The highest BCUT2D eigenvalue weighted by atomic mass is 79.9. The Morgan fingerprint density at radius 1 is 1.26 bits per heavy atom.